The van der Waals surface area contributed by atoms with Gasteiger partial charge in [0.15, 0.2) is 16.7 Å². The summed E-state index contributed by atoms with van der Waals surface area (Å²) >= 11 is 4.96. The fourth-order valence-corrected chi connectivity index (χ4v) is 5.15. The molecule has 0 N–H and O–H groups in total. The summed E-state index contributed by atoms with van der Waals surface area (Å²) in [5.41, 5.74) is 2.39. The third kappa shape index (κ3) is 7.24. The van der Waals surface area contributed by atoms with Crippen LogP contribution < -0.4 is 9.47 Å². The van der Waals surface area contributed by atoms with E-state index in [0.29, 0.717) is 47.8 Å². The number of benzene rings is 3. The molecule has 3 aromatic rings. The molecule has 0 saturated carbocycles. The van der Waals surface area contributed by atoms with E-state index in [1.807, 2.05) is 55.5 Å². The Bertz CT molecular complexity index is 1320. The summed E-state index contributed by atoms with van der Waals surface area (Å²) in [5.74, 6) is 0.693. The Morgan fingerprint density at radius 3 is 2.50 bits per heavy atom. The highest BCUT2D eigenvalue weighted by Crippen LogP contribution is 2.39. The monoisotopic (exact) mass is 598 g/mol. The van der Waals surface area contributed by atoms with E-state index in [1.165, 1.54) is 23.9 Å². The molecule has 0 radical (unpaired) electrons. The van der Waals surface area contributed by atoms with E-state index < -0.39 is 0 Å². The highest BCUT2D eigenvalue weighted by atomic mass is 79.9. The third-order valence-electron chi connectivity index (χ3n) is 5.56. The van der Waals surface area contributed by atoms with Crippen molar-refractivity contribution in [3.8, 4) is 11.5 Å². The predicted molar refractivity (Wildman–Crippen MR) is 153 cm³/mol. The zero-order valence-electron chi connectivity index (χ0n) is 21.2. The van der Waals surface area contributed by atoms with Crippen molar-refractivity contribution in [3.63, 3.8) is 0 Å². The van der Waals surface area contributed by atoms with E-state index in [0.717, 1.165) is 21.3 Å². The van der Waals surface area contributed by atoms with E-state index in [-0.39, 0.29) is 18.3 Å². The molecule has 1 amide bonds. The first kappa shape index (κ1) is 27.9. The molecule has 1 fully saturated rings. The minimum Gasteiger partial charge on any atom is -0.490 e. The topological polar surface area (TPSA) is 60.4 Å². The first-order valence-electron chi connectivity index (χ1n) is 12.2. The Labute approximate surface area is 234 Å². The second-order valence-electron chi connectivity index (χ2n) is 8.31. The van der Waals surface area contributed by atoms with E-state index in [4.69, 9.17) is 19.2 Å². The third-order valence-corrected chi connectivity index (χ3v) is 7.25. The highest BCUT2D eigenvalue weighted by molar-refractivity contribution is 9.10. The minimum absolute atomic E-state index is 0.109. The molecule has 9 heteroatoms. The standard InChI is InChI=1S/C29H28BrFN2O4S/c1-3-36-25-16-21(24(30)18-26(25)37-19-20-10-12-22(31)13-11-20)17-27-28(34)33(14-7-15-35-2)29(38-27)32-23-8-5-4-6-9-23/h4-6,8-13,16-18H,3,7,14-15,19H2,1-2H3/b27-17-,32-29?. The van der Waals surface area contributed by atoms with Crippen molar-refractivity contribution < 1.29 is 23.4 Å². The number of hydrogen-bond donors (Lipinski definition) is 0. The Hall–Kier alpha value is -3.14. The summed E-state index contributed by atoms with van der Waals surface area (Å²) in [6, 6.07) is 19.4. The van der Waals surface area contributed by atoms with Crippen LogP contribution >= 0.6 is 27.7 Å². The van der Waals surface area contributed by atoms with Crippen LogP contribution in [0.3, 0.4) is 0 Å². The van der Waals surface area contributed by atoms with Gasteiger partial charge in [-0.15, -0.1) is 0 Å². The van der Waals surface area contributed by atoms with Crippen LogP contribution in [0.25, 0.3) is 6.08 Å². The molecule has 0 aromatic heterocycles. The SMILES string of the molecule is CCOc1cc(/C=C2\SC(=Nc3ccccc3)N(CCCOC)C2=O)c(Br)cc1OCc1ccc(F)cc1. The molecule has 3 aromatic carbocycles. The number of aliphatic imine (C=N–C) groups is 1. The van der Waals surface area contributed by atoms with Crippen molar-refractivity contribution in [1.29, 1.82) is 0 Å². The van der Waals surface area contributed by atoms with Crippen molar-refractivity contribution in [1.82, 2.24) is 4.90 Å². The normalized spacial score (nSPS) is 15.5. The molecule has 1 saturated heterocycles. The maximum Gasteiger partial charge on any atom is 0.266 e. The lowest BCUT2D eigenvalue weighted by Gasteiger charge is -2.15. The van der Waals surface area contributed by atoms with Crippen molar-refractivity contribution in [2.45, 2.75) is 20.0 Å². The second-order valence-corrected chi connectivity index (χ2v) is 10.2. The molecule has 0 aliphatic carbocycles. The molecule has 0 atom stereocenters. The molecule has 1 aliphatic rings. The quantitative estimate of drug-likeness (QED) is 0.172. The van der Waals surface area contributed by atoms with Gasteiger partial charge in [-0.1, -0.05) is 46.3 Å². The average Bonchev–Trinajstić information content (AvgIpc) is 3.20. The molecule has 0 spiro atoms. The van der Waals surface area contributed by atoms with Gasteiger partial charge in [0.25, 0.3) is 5.91 Å². The van der Waals surface area contributed by atoms with Crippen LogP contribution in [0.5, 0.6) is 11.5 Å². The van der Waals surface area contributed by atoms with Crippen molar-refractivity contribution in [2.24, 2.45) is 4.99 Å². The molecule has 1 aliphatic heterocycles. The maximum atomic E-state index is 13.4. The van der Waals surface area contributed by atoms with Gasteiger partial charge in [-0.05, 0) is 78.7 Å². The number of hydrogen-bond acceptors (Lipinski definition) is 6. The van der Waals surface area contributed by atoms with Crippen LogP contribution in [0.1, 0.15) is 24.5 Å². The zero-order chi connectivity index (χ0) is 26.9. The smallest absolute Gasteiger partial charge is 0.266 e. The number of amides is 1. The number of carbonyl (C=O) groups is 1. The van der Waals surface area contributed by atoms with Gasteiger partial charge in [0.1, 0.15) is 12.4 Å². The summed E-state index contributed by atoms with van der Waals surface area (Å²) in [7, 11) is 1.64. The van der Waals surface area contributed by atoms with Gasteiger partial charge in [-0.3, -0.25) is 9.69 Å². The highest BCUT2D eigenvalue weighted by Gasteiger charge is 2.33. The van der Waals surface area contributed by atoms with E-state index >= 15 is 0 Å². The molecule has 0 unspecified atom stereocenters. The Morgan fingerprint density at radius 2 is 1.79 bits per heavy atom. The summed E-state index contributed by atoms with van der Waals surface area (Å²) in [6.45, 7) is 3.65. The van der Waals surface area contributed by atoms with Crippen LogP contribution in [-0.2, 0) is 16.1 Å². The predicted octanol–water partition coefficient (Wildman–Crippen LogP) is 7.21. The van der Waals surface area contributed by atoms with Gasteiger partial charge < -0.3 is 14.2 Å². The Kier molecular flexibility index (Phi) is 9.98. The van der Waals surface area contributed by atoms with Gasteiger partial charge in [0.2, 0.25) is 0 Å². The number of para-hydroxylation sites is 1. The summed E-state index contributed by atoms with van der Waals surface area (Å²) in [6.07, 6.45) is 2.53. The van der Waals surface area contributed by atoms with Gasteiger partial charge in [-0.2, -0.15) is 0 Å². The molecule has 0 bridgehead atoms. The number of rotatable bonds is 11. The minimum atomic E-state index is -0.294. The molecule has 4 rings (SSSR count). The lowest BCUT2D eigenvalue weighted by atomic mass is 10.1. The molecule has 198 valence electrons. The van der Waals surface area contributed by atoms with Crippen LogP contribution in [0.2, 0.25) is 0 Å². The number of carbonyl (C=O) groups excluding carboxylic acids is 1. The number of amidine groups is 1. The van der Waals surface area contributed by atoms with Crippen LogP contribution in [0.4, 0.5) is 10.1 Å². The summed E-state index contributed by atoms with van der Waals surface area (Å²) in [4.78, 5) is 20.4. The van der Waals surface area contributed by atoms with Crippen LogP contribution in [0.15, 0.2) is 81.1 Å². The van der Waals surface area contributed by atoms with Crippen LogP contribution in [-0.4, -0.2) is 42.8 Å². The number of halogens is 2. The van der Waals surface area contributed by atoms with E-state index in [2.05, 4.69) is 15.9 Å². The first-order chi connectivity index (χ1) is 18.5. The zero-order valence-corrected chi connectivity index (χ0v) is 23.6. The summed E-state index contributed by atoms with van der Waals surface area (Å²) in [5, 5.41) is 0.629. The summed E-state index contributed by atoms with van der Waals surface area (Å²) < 4.78 is 31.0. The van der Waals surface area contributed by atoms with Gasteiger partial charge in [0.05, 0.1) is 17.2 Å². The van der Waals surface area contributed by atoms with Gasteiger partial charge >= 0.3 is 0 Å². The molecule has 1 heterocycles. The first-order valence-corrected chi connectivity index (χ1v) is 13.8. The average molecular weight is 600 g/mol. The molecule has 38 heavy (non-hydrogen) atoms. The molecule has 6 nitrogen and oxygen atoms in total. The van der Waals surface area contributed by atoms with Gasteiger partial charge in [0, 0.05) is 24.7 Å². The van der Waals surface area contributed by atoms with Crippen LogP contribution in [0, 0.1) is 5.82 Å². The number of nitrogens with zero attached hydrogens (tertiary/aromatic N) is 2. The lowest BCUT2D eigenvalue weighted by molar-refractivity contribution is -0.122. The Morgan fingerprint density at radius 1 is 1.05 bits per heavy atom. The fourth-order valence-electron chi connectivity index (χ4n) is 3.69. The van der Waals surface area contributed by atoms with Crippen molar-refractivity contribution >= 4 is 50.5 Å². The second kappa shape index (κ2) is 13.6. The van der Waals surface area contributed by atoms with Crippen molar-refractivity contribution in [2.75, 3.05) is 26.9 Å². The number of thioether (sulfide) groups is 1. The fraction of sp³-hybridized carbons (Fsp3) is 0.241. The van der Waals surface area contributed by atoms with Gasteiger partial charge in [-0.25, -0.2) is 9.38 Å². The van der Waals surface area contributed by atoms with Crippen molar-refractivity contribution in [3.05, 3.63) is 93.1 Å². The van der Waals surface area contributed by atoms with E-state index in [9.17, 15) is 9.18 Å². The number of methoxy groups -OCH3 is 1. The molecular weight excluding hydrogens is 571 g/mol. The number of ether oxygens (including phenoxy) is 3. The lowest BCUT2D eigenvalue weighted by Crippen LogP contribution is -2.30. The molecular formula is C29H28BrFN2O4S. The van der Waals surface area contributed by atoms with E-state index in [1.54, 1.807) is 24.1 Å². The largest absolute Gasteiger partial charge is 0.490 e. The Balaban J connectivity index is 1.61. The maximum absolute atomic E-state index is 13.4.